The van der Waals surface area contributed by atoms with E-state index >= 15 is 0 Å². The lowest BCUT2D eigenvalue weighted by Gasteiger charge is -2.28. The molecule has 2 amide bonds. The highest BCUT2D eigenvalue weighted by Crippen LogP contribution is 2.27. The lowest BCUT2D eigenvalue weighted by atomic mass is 9.94. The summed E-state index contributed by atoms with van der Waals surface area (Å²) in [5, 5.41) is 5.33. The monoisotopic (exact) mass is 260 g/mol. The van der Waals surface area contributed by atoms with E-state index in [9.17, 15) is 9.59 Å². The molecule has 2 N–H and O–H groups in total. The number of carbonyl (C=O) groups is 2. The van der Waals surface area contributed by atoms with Crippen molar-refractivity contribution in [1.82, 2.24) is 10.6 Å². The van der Waals surface area contributed by atoms with Crippen molar-refractivity contribution in [3.8, 4) is 0 Å². The molecule has 19 heavy (non-hydrogen) atoms. The van der Waals surface area contributed by atoms with Crippen molar-refractivity contribution in [3.63, 3.8) is 0 Å². The Morgan fingerprint density at radius 3 is 2.68 bits per heavy atom. The summed E-state index contributed by atoms with van der Waals surface area (Å²) in [7, 11) is 1.33. The van der Waals surface area contributed by atoms with Gasteiger partial charge in [0.1, 0.15) is 0 Å². The Morgan fingerprint density at radius 1 is 1.32 bits per heavy atom. The van der Waals surface area contributed by atoms with Gasteiger partial charge in [0.25, 0.3) is 0 Å². The minimum atomic E-state index is -0.485. The largest absolute Gasteiger partial charge is 0.466 e. The van der Waals surface area contributed by atoms with Crippen LogP contribution in [0.3, 0.4) is 0 Å². The van der Waals surface area contributed by atoms with E-state index in [1.165, 1.54) is 7.11 Å². The van der Waals surface area contributed by atoms with Crippen molar-refractivity contribution >= 4 is 12.0 Å². The van der Waals surface area contributed by atoms with Gasteiger partial charge >= 0.3 is 12.0 Å². The van der Waals surface area contributed by atoms with Gasteiger partial charge in [0.15, 0.2) is 0 Å². The van der Waals surface area contributed by atoms with Crippen molar-refractivity contribution in [1.29, 1.82) is 0 Å². The predicted molar refractivity (Wildman–Crippen MR) is 70.3 cm³/mol. The third kappa shape index (κ3) is 2.59. The van der Waals surface area contributed by atoms with Gasteiger partial charge in [-0.1, -0.05) is 29.8 Å². The summed E-state index contributed by atoms with van der Waals surface area (Å²) in [5.41, 5.74) is 2.86. The Labute approximate surface area is 111 Å². The van der Waals surface area contributed by atoms with Crippen LogP contribution in [0.1, 0.15) is 24.1 Å². The number of methoxy groups -OCH3 is 1. The zero-order chi connectivity index (χ0) is 14.0. The van der Waals surface area contributed by atoms with Crippen LogP contribution in [0.2, 0.25) is 0 Å². The van der Waals surface area contributed by atoms with Crippen LogP contribution in [0, 0.1) is 6.92 Å². The molecule has 0 spiro atoms. The minimum absolute atomic E-state index is 0.323. The van der Waals surface area contributed by atoms with Gasteiger partial charge in [0.05, 0.1) is 18.7 Å². The van der Waals surface area contributed by atoms with E-state index in [-0.39, 0.29) is 6.03 Å². The van der Waals surface area contributed by atoms with Crippen LogP contribution in [-0.2, 0) is 9.53 Å². The second kappa shape index (κ2) is 5.14. The topological polar surface area (TPSA) is 67.4 Å². The Kier molecular flexibility index (Phi) is 3.55. The third-order valence-corrected chi connectivity index (χ3v) is 3.05. The number of rotatable bonds is 2. The highest BCUT2D eigenvalue weighted by molar-refractivity contribution is 5.94. The van der Waals surface area contributed by atoms with Crippen LogP contribution >= 0.6 is 0 Å². The molecule has 0 fully saturated rings. The molecule has 1 aliphatic heterocycles. The lowest BCUT2D eigenvalue weighted by Crippen LogP contribution is -2.45. The number of aryl methyl sites for hydroxylation is 1. The fraction of sp³-hybridized carbons (Fsp3) is 0.286. The van der Waals surface area contributed by atoms with Crippen molar-refractivity contribution < 1.29 is 14.3 Å². The summed E-state index contributed by atoms with van der Waals surface area (Å²) in [6, 6.07) is 6.85. The van der Waals surface area contributed by atoms with Crippen LogP contribution < -0.4 is 10.6 Å². The van der Waals surface area contributed by atoms with E-state index in [2.05, 4.69) is 10.6 Å². The SMILES string of the molecule is COC(=O)C1=C(C)NC(=O)N[C@H]1c1cccc(C)c1. The highest BCUT2D eigenvalue weighted by atomic mass is 16.5. The number of amides is 2. The summed E-state index contributed by atoms with van der Waals surface area (Å²) in [4.78, 5) is 23.5. The summed E-state index contributed by atoms with van der Waals surface area (Å²) in [6.07, 6.45) is 0. The number of esters is 1. The number of hydrogen-bond donors (Lipinski definition) is 2. The quantitative estimate of drug-likeness (QED) is 0.797. The zero-order valence-corrected chi connectivity index (χ0v) is 11.1. The average Bonchev–Trinajstić information content (AvgIpc) is 2.37. The number of carbonyl (C=O) groups excluding carboxylic acids is 2. The molecule has 1 atom stereocenters. The number of hydrogen-bond acceptors (Lipinski definition) is 3. The molecule has 0 radical (unpaired) electrons. The van der Waals surface area contributed by atoms with Gasteiger partial charge in [-0.2, -0.15) is 0 Å². The summed E-state index contributed by atoms with van der Waals surface area (Å²) in [6.45, 7) is 3.65. The van der Waals surface area contributed by atoms with E-state index in [0.29, 0.717) is 11.3 Å². The van der Waals surface area contributed by atoms with E-state index < -0.39 is 12.0 Å². The van der Waals surface area contributed by atoms with Crippen molar-refractivity contribution in [2.24, 2.45) is 0 Å². The number of ether oxygens (including phenoxy) is 1. The molecule has 1 aromatic carbocycles. The summed E-state index contributed by atoms with van der Waals surface area (Å²) in [5.74, 6) is -0.448. The first-order chi connectivity index (χ1) is 9.02. The Hall–Kier alpha value is -2.30. The van der Waals surface area contributed by atoms with Gasteiger partial charge in [-0.05, 0) is 19.4 Å². The predicted octanol–water partition coefficient (Wildman–Crippen LogP) is 1.80. The number of nitrogens with one attached hydrogen (secondary N) is 2. The van der Waals surface area contributed by atoms with Crippen LogP contribution in [0.15, 0.2) is 35.5 Å². The molecule has 0 unspecified atom stereocenters. The van der Waals surface area contributed by atoms with Crippen LogP contribution in [0.5, 0.6) is 0 Å². The average molecular weight is 260 g/mol. The van der Waals surface area contributed by atoms with E-state index in [4.69, 9.17) is 4.74 Å². The molecule has 100 valence electrons. The van der Waals surface area contributed by atoms with Crippen molar-refractivity contribution in [3.05, 3.63) is 46.7 Å². The minimum Gasteiger partial charge on any atom is -0.466 e. The molecule has 0 aliphatic carbocycles. The molecule has 1 aliphatic rings. The summed E-state index contributed by atoms with van der Waals surface area (Å²) >= 11 is 0. The molecule has 1 heterocycles. The second-order valence-electron chi connectivity index (χ2n) is 4.48. The first-order valence-electron chi connectivity index (χ1n) is 5.96. The molecular weight excluding hydrogens is 244 g/mol. The first-order valence-corrected chi connectivity index (χ1v) is 5.96. The molecule has 0 saturated heterocycles. The van der Waals surface area contributed by atoms with Gasteiger partial charge in [0, 0.05) is 5.70 Å². The summed E-state index contributed by atoms with van der Waals surface area (Å²) < 4.78 is 4.79. The first kappa shape index (κ1) is 13.1. The van der Waals surface area contributed by atoms with E-state index in [1.54, 1.807) is 6.92 Å². The maximum atomic E-state index is 11.9. The molecule has 2 rings (SSSR count). The van der Waals surface area contributed by atoms with Crippen LogP contribution in [0.25, 0.3) is 0 Å². The van der Waals surface area contributed by atoms with E-state index in [0.717, 1.165) is 11.1 Å². The molecule has 0 bridgehead atoms. The van der Waals surface area contributed by atoms with Gasteiger partial charge < -0.3 is 15.4 Å². The molecule has 1 aromatic rings. The Bertz CT molecular complexity index is 564. The lowest BCUT2D eigenvalue weighted by molar-refractivity contribution is -0.136. The van der Waals surface area contributed by atoms with Crippen LogP contribution in [0.4, 0.5) is 4.79 Å². The molecule has 0 aromatic heterocycles. The molecule has 5 nitrogen and oxygen atoms in total. The zero-order valence-electron chi connectivity index (χ0n) is 11.1. The second-order valence-corrected chi connectivity index (χ2v) is 4.48. The Balaban J connectivity index is 2.49. The fourth-order valence-corrected chi connectivity index (χ4v) is 2.17. The third-order valence-electron chi connectivity index (χ3n) is 3.05. The Morgan fingerprint density at radius 2 is 2.05 bits per heavy atom. The molecule has 5 heteroatoms. The highest BCUT2D eigenvalue weighted by Gasteiger charge is 2.31. The van der Waals surface area contributed by atoms with Gasteiger partial charge in [-0.3, -0.25) is 0 Å². The molecule has 0 saturated carbocycles. The number of allylic oxidation sites excluding steroid dienone is 1. The number of urea groups is 1. The normalized spacial score (nSPS) is 18.7. The smallest absolute Gasteiger partial charge is 0.337 e. The van der Waals surface area contributed by atoms with Crippen LogP contribution in [-0.4, -0.2) is 19.1 Å². The maximum Gasteiger partial charge on any atom is 0.337 e. The van der Waals surface area contributed by atoms with E-state index in [1.807, 2.05) is 31.2 Å². The van der Waals surface area contributed by atoms with Gasteiger partial charge in [0.2, 0.25) is 0 Å². The van der Waals surface area contributed by atoms with Gasteiger partial charge in [-0.15, -0.1) is 0 Å². The van der Waals surface area contributed by atoms with Crippen molar-refractivity contribution in [2.45, 2.75) is 19.9 Å². The standard InChI is InChI=1S/C14H16N2O3/c1-8-5-4-6-10(7-8)12-11(13(17)19-3)9(2)15-14(18)16-12/h4-7,12H,1-3H3,(H2,15,16,18)/t12-/m0/s1. The van der Waals surface area contributed by atoms with Gasteiger partial charge in [-0.25, -0.2) is 9.59 Å². The van der Waals surface area contributed by atoms with Crippen molar-refractivity contribution in [2.75, 3.05) is 7.11 Å². The maximum absolute atomic E-state index is 11.9. The number of benzene rings is 1. The molecular formula is C14H16N2O3. The fourth-order valence-electron chi connectivity index (χ4n) is 2.17.